The molecular formula is C12H18ClN3S. The summed E-state index contributed by atoms with van der Waals surface area (Å²) in [5, 5.41) is 3.86. The van der Waals surface area contributed by atoms with E-state index in [0.717, 1.165) is 22.9 Å². The number of hydrogen-bond acceptors (Lipinski definition) is 4. The average molecular weight is 272 g/mol. The Balaban J connectivity index is 2.16. The predicted molar refractivity (Wildman–Crippen MR) is 76.1 cm³/mol. The molecule has 5 heteroatoms. The zero-order valence-corrected chi connectivity index (χ0v) is 11.8. The molecule has 2 heterocycles. The number of pyridine rings is 1. The van der Waals surface area contributed by atoms with Crippen LogP contribution in [0.25, 0.3) is 0 Å². The maximum Gasteiger partial charge on any atom is 0.128 e. The van der Waals surface area contributed by atoms with E-state index >= 15 is 0 Å². The second-order valence-corrected chi connectivity index (χ2v) is 5.85. The third kappa shape index (κ3) is 3.06. The van der Waals surface area contributed by atoms with Gasteiger partial charge in [-0.15, -0.1) is 0 Å². The van der Waals surface area contributed by atoms with Crippen molar-refractivity contribution in [1.82, 2.24) is 10.3 Å². The number of nitrogens with one attached hydrogen (secondary N) is 1. The van der Waals surface area contributed by atoms with Gasteiger partial charge in [0, 0.05) is 31.6 Å². The Morgan fingerprint density at radius 3 is 3.12 bits per heavy atom. The molecule has 1 N–H and O–H groups in total. The Labute approximate surface area is 112 Å². The van der Waals surface area contributed by atoms with Crippen LogP contribution in [0.4, 0.5) is 5.82 Å². The van der Waals surface area contributed by atoms with Crippen LogP contribution in [0.15, 0.2) is 12.3 Å². The fraction of sp³-hybridized carbons (Fsp3) is 0.583. The fourth-order valence-electron chi connectivity index (χ4n) is 2.00. The molecule has 0 radical (unpaired) electrons. The standard InChI is InChI=1S/C12H18ClN3S/c1-14-6-9-5-12(15-7-11(9)13)16(2)10-3-4-17-8-10/h5,7,10,14H,3-4,6,8H2,1-2H3. The minimum absolute atomic E-state index is 0.608. The van der Waals surface area contributed by atoms with Gasteiger partial charge in [-0.25, -0.2) is 4.98 Å². The molecule has 0 aliphatic carbocycles. The highest BCUT2D eigenvalue weighted by Gasteiger charge is 2.21. The number of rotatable bonds is 4. The lowest BCUT2D eigenvalue weighted by Crippen LogP contribution is -2.32. The molecule has 1 unspecified atom stereocenters. The van der Waals surface area contributed by atoms with E-state index in [1.165, 1.54) is 17.9 Å². The summed E-state index contributed by atoms with van der Waals surface area (Å²) < 4.78 is 0. The molecule has 0 bridgehead atoms. The van der Waals surface area contributed by atoms with Crippen molar-refractivity contribution in [3.63, 3.8) is 0 Å². The Kier molecular flexibility index (Phi) is 4.54. The zero-order valence-electron chi connectivity index (χ0n) is 10.2. The summed E-state index contributed by atoms with van der Waals surface area (Å²) in [7, 11) is 4.05. The van der Waals surface area contributed by atoms with Gasteiger partial charge in [0.25, 0.3) is 0 Å². The Morgan fingerprint density at radius 2 is 2.47 bits per heavy atom. The van der Waals surface area contributed by atoms with Gasteiger partial charge in [-0.2, -0.15) is 11.8 Å². The van der Waals surface area contributed by atoms with Crippen LogP contribution >= 0.6 is 23.4 Å². The lowest BCUT2D eigenvalue weighted by Gasteiger charge is -2.25. The summed E-state index contributed by atoms with van der Waals surface area (Å²) in [4.78, 5) is 6.70. The first-order chi connectivity index (χ1) is 8.22. The van der Waals surface area contributed by atoms with Crippen molar-refractivity contribution in [3.05, 3.63) is 22.8 Å². The normalized spacial score (nSPS) is 19.6. The highest BCUT2D eigenvalue weighted by molar-refractivity contribution is 7.99. The van der Waals surface area contributed by atoms with Crippen molar-refractivity contribution in [2.24, 2.45) is 0 Å². The third-order valence-electron chi connectivity index (χ3n) is 3.10. The summed E-state index contributed by atoms with van der Waals surface area (Å²) in [5.41, 5.74) is 1.11. The molecule has 0 amide bonds. The molecule has 17 heavy (non-hydrogen) atoms. The van der Waals surface area contributed by atoms with E-state index in [4.69, 9.17) is 11.6 Å². The van der Waals surface area contributed by atoms with Crippen molar-refractivity contribution >= 4 is 29.2 Å². The lowest BCUT2D eigenvalue weighted by molar-refractivity contribution is 0.690. The Hall–Kier alpha value is -0.450. The van der Waals surface area contributed by atoms with E-state index in [1.807, 2.05) is 18.8 Å². The number of aromatic nitrogens is 1. The number of nitrogens with zero attached hydrogens (tertiary/aromatic N) is 2. The minimum atomic E-state index is 0.608. The molecule has 0 saturated carbocycles. The van der Waals surface area contributed by atoms with E-state index in [2.05, 4.69) is 28.3 Å². The highest BCUT2D eigenvalue weighted by atomic mass is 35.5. The van der Waals surface area contributed by atoms with E-state index in [1.54, 1.807) is 6.20 Å². The molecule has 0 spiro atoms. The summed E-state index contributed by atoms with van der Waals surface area (Å²) in [6, 6.07) is 2.69. The van der Waals surface area contributed by atoms with Crippen molar-refractivity contribution in [1.29, 1.82) is 0 Å². The van der Waals surface area contributed by atoms with Crippen LogP contribution in [-0.4, -0.2) is 36.6 Å². The van der Waals surface area contributed by atoms with Crippen LogP contribution in [0.3, 0.4) is 0 Å². The molecule has 1 aliphatic heterocycles. The average Bonchev–Trinajstić information content (AvgIpc) is 2.85. The van der Waals surface area contributed by atoms with E-state index in [9.17, 15) is 0 Å². The summed E-state index contributed by atoms with van der Waals surface area (Å²) >= 11 is 8.13. The molecular weight excluding hydrogens is 254 g/mol. The largest absolute Gasteiger partial charge is 0.356 e. The van der Waals surface area contributed by atoms with Gasteiger partial charge in [-0.05, 0) is 30.9 Å². The van der Waals surface area contributed by atoms with Crippen molar-refractivity contribution in [2.75, 3.05) is 30.5 Å². The van der Waals surface area contributed by atoms with Crippen LogP contribution in [0.5, 0.6) is 0 Å². The molecule has 2 rings (SSSR count). The van der Waals surface area contributed by atoms with Gasteiger partial charge in [0.15, 0.2) is 0 Å². The van der Waals surface area contributed by atoms with Crippen LogP contribution in [0, 0.1) is 0 Å². The lowest BCUT2D eigenvalue weighted by atomic mass is 10.2. The monoisotopic (exact) mass is 271 g/mol. The minimum Gasteiger partial charge on any atom is -0.356 e. The van der Waals surface area contributed by atoms with E-state index in [-0.39, 0.29) is 0 Å². The van der Waals surface area contributed by atoms with Gasteiger partial charge < -0.3 is 10.2 Å². The van der Waals surface area contributed by atoms with Crippen LogP contribution in [0.1, 0.15) is 12.0 Å². The van der Waals surface area contributed by atoms with Crippen LogP contribution < -0.4 is 10.2 Å². The Bertz CT molecular complexity index is 380. The van der Waals surface area contributed by atoms with E-state index < -0.39 is 0 Å². The number of hydrogen-bond donors (Lipinski definition) is 1. The summed E-state index contributed by atoms with van der Waals surface area (Å²) in [6.07, 6.45) is 3.00. The molecule has 1 saturated heterocycles. The van der Waals surface area contributed by atoms with Crippen molar-refractivity contribution < 1.29 is 0 Å². The molecule has 94 valence electrons. The van der Waals surface area contributed by atoms with Gasteiger partial charge in [-0.1, -0.05) is 11.6 Å². The van der Waals surface area contributed by atoms with Crippen LogP contribution in [0.2, 0.25) is 5.02 Å². The Morgan fingerprint density at radius 1 is 1.65 bits per heavy atom. The second-order valence-electron chi connectivity index (χ2n) is 4.29. The van der Waals surface area contributed by atoms with Crippen molar-refractivity contribution in [2.45, 2.75) is 19.0 Å². The summed E-state index contributed by atoms with van der Waals surface area (Å²) in [6.45, 7) is 0.779. The smallest absolute Gasteiger partial charge is 0.128 e. The van der Waals surface area contributed by atoms with Crippen molar-refractivity contribution in [3.8, 4) is 0 Å². The first kappa shape index (κ1) is 13.0. The van der Waals surface area contributed by atoms with Crippen LogP contribution in [-0.2, 0) is 6.54 Å². The zero-order chi connectivity index (χ0) is 12.3. The topological polar surface area (TPSA) is 28.2 Å². The van der Waals surface area contributed by atoms with E-state index in [0.29, 0.717) is 6.04 Å². The maximum atomic E-state index is 6.11. The summed E-state index contributed by atoms with van der Waals surface area (Å²) in [5.74, 6) is 3.47. The maximum absolute atomic E-state index is 6.11. The molecule has 1 atom stereocenters. The van der Waals surface area contributed by atoms with Gasteiger partial charge in [-0.3, -0.25) is 0 Å². The molecule has 1 aliphatic rings. The molecule has 1 aromatic rings. The first-order valence-corrected chi connectivity index (χ1v) is 7.35. The number of halogens is 1. The first-order valence-electron chi connectivity index (χ1n) is 5.82. The predicted octanol–water partition coefficient (Wildman–Crippen LogP) is 2.40. The highest BCUT2D eigenvalue weighted by Crippen LogP contribution is 2.26. The third-order valence-corrected chi connectivity index (χ3v) is 4.59. The number of thioether (sulfide) groups is 1. The number of anilines is 1. The van der Waals surface area contributed by atoms with Gasteiger partial charge in [0.1, 0.15) is 5.82 Å². The molecule has 3 nitrogen and oxygen atoms in total. The van der Waals surface area contributed by atoms with Gasteiger partial charge in [0.05, 0.1) is 5.02 Å². The fourth-order valence-corrected chi connectivity index (χ4v) is 3.44. The molecule has 1 aromatic heterocycles. The molecule has 0 aromatic carbocycles. The molecule has 1 fully saturated rings. The SMILES string of the molecule is CNCc1cc(N(C)C2CCSC2)ncc1Cl. The van der Waals surface area contributed by atoms with Gasteiger partial charge in [0.2, 0.25) is 0 Å². The second kappa shape index (κ2) is 5.94. The van der Waals surface area contributed by atoms with Gasteiger partial charge >= 0.3 is 0 Å². The quantitative estimate of drug-likeness (QED) is 0.910.